The van der Waals surface area contributed by atoms with Crippen LogP contribution in [0.25, 0.3) is 0 Å². The van der Waals surface area contributed by atoms with Gasteiger partial charge in [0.2, 0.25) is 0 Å². The monoisotopic (exact) mass is 335 g/mol. The number of alkyl halides is 1. The number of imide groups is 1. The summed E-state index contributed by atoms with van der Waals surface area (Å²) in [6.45, 7) is 0. The van der Waals surface area contributed by atoms with Crippen molar-refractivity contribution in [3.8, 4) is 0 Å². The zero-order valence-corrected chi connectivity index (χ0v) is 12.3. The molecule has 0 bridgehead atoms. The number of benzene rings is 1. The fraction of sp³-hybridized carbons (Fsp3) is 0.143. The molecule has 0 radical (unpaired) electrons. The van der Waals surface area contributed by atoms with Crippen LogP contribution in [0.5, 0.6) is 0 Å². The fourth-order valence-corrected chi connectivity index (χ4v) is 3.64. The molecule has 2 amide bonds. The average Bonchev–Trinajstić information content (AvgIpc) is 2.96. The first-order chi connectivity index (χ1) is 9.19. The van der Waals surface area contributed by atoms with Crippen LogP contribution in [0.3, 0.4) is 0 Å². The molecule has 19 heavy (non-hydrogen) atoms. The first kappa shape index (κ1) is 12.6. The third kappa shape index (κ3) is 2.24. The Morgan fingerprint density at radius 1 is 1.05 bits per heavy atom. The summed E-state index contributed by atoms with van der Waals surface area (Å²) in [5.74, 6) is -0.581. The molecule has 0 unspecified atom stereocenters. The van der Waals surface area contributed by atoms with E-state index in [4.69, 9.17) is 0 Å². The van der Waals surface area contributed by atoms with Gasteiger partial charge in [0.05, 0.1) is 11.1 Å². The molecule has 2 aromatic rings. The van der Waals surface area contributed by atoms with Gasteiger partial charge in [0.25, 0.3) is 11.8 Å². The lowest BCUT2D eigenvalue weighted by Gasteiger charge is -2.03. The summed E-state index contributed by atoms with van der Waals surface area (Å²) in [6.07, 6.45) is 0.682. The molecule has 1 aliphatic rings. The number of nitrogens with one attached hydrogen (secondary N) is 1. The van der Waals surface area contributed by atoms with Crippen LogP contribution in [0.4, 0.5) is 0 Å². The first-order valence-corrected chi connectivity index (χ1v) is 7.74. The number of hydrogen-bond donors (Lipinski definition) is 1. The lowest BCUT2D eigenvalue weighted by molar-refractivity contribution is 0.0879. The van der Waals surface area contributed by atoms with Crippen LogP contribution in [0.2, 0.25) is 0 Å². The predicted octanol–water partition coefficient (Wildman–Crippen LogP) is 3.12. The number of amides is 2. The van der Waals surface area contributed by atoms with Gasteiger partial charge in [0, 0.05) is 21.5 Å². The molecule has 3 nitrogen and oxygen atoms in total. The van der Waals surface area contributed by atoms with Crippen LogP contribution in [0, 0.1) is 0 Å². The highest BCUT2D eigenvalue weighted by atomic mass is 79.9. The second-order valence-corrected chi connectivity index (χ2v) is 6.11. The van der Waals surface area contributed by atoms with Gasteiger partial charge in [0.1, 0.15) is 0 Å². The van der Waals surface area contributed by atoms with E-state index >= 15 is 0 Å². The third-order valence-corrected chi connectivity index (χ3v) is 5.12. The molecule has 0 spiro atoms. The van der Waals surface area contributed by atoms with Crippen molar-refractivity contribution in [2.45, 2.75) is 11.8 Å². The minimum atomic E-state index is -0.297. The van der Waals surface area contributed by atoms with Crippen molar-refractivity contribution in [3.63, 3.8) is 0 Å². The van der Waals surface area contributed by atoms with Crippen LogP contribution in [0.1, 0.15) is 36.0 Å². The molecule has 1 N–H and O–H groups in total. The molecule has 0 aliphatic carbocycles. The molecule has 1 aliphatic heterocycles. The van der Waals surface area contributed by atoms with Crippen molar-refractivity contribution >= 4 is 39.1 Å². The zero-order chi connectivity index (χ0) is 13.4. The van der Waals surface area contributed by atoms with Crippen LogP contribution in [-0.4, -0.2) is 11.8 Å². The van der Waals surface area contributed by atoms with Gasteiger partial charge in [-0.25, -0.2) is 0 Å². The molecule has 0 saturated carbocycles. The van der Waals surface area contributed by atoms with Gasteiger partial charge in [-0.2, -0.15) is 0 Å². The van der Waals surface area contributed by atoms with Crippen molar-refractivity contribution in [1.29, 1.82) is 0 Å². The number of fused-ring (bicyclic) bond motifs is 1. The number of carbonyl (C=O) groups excluding carboxylic acids is 2. The molecule has 1 aromatic heterocycles. The fourth-order valence-electron chi connectivity index (χ4n) is 2.21. The molecule has 1 aromatic carbocycles. The number of halogens is 1. The van der Waals surface area contributed by atoms with Gasteiger partial charge >= 0.3 is 0 Å². The SMILES string of the molecule is O=C1NC(=O)c2c(Cc3ccc(CBr)s3)cccc21. The van der Waals surface area contributed by atoms with Gasteiger partial charge in [0.15, 0.2) is 0 Å². The van der Waals surface area contributed by atoms with E-state index < -0.39 is 0 Å². The van der Waals surface area contributed by atoms with Crippen molar-refractivity contribution in [3.05, 3.63) is 56.8 Å². The standard InChI is InChI=1S/C14H10BrNO2S/c15-7-10-5-4-9(19-10)6-8-2-1-3-11-12(8)14(18)16-13(11)17/h1-5H,6-7H2,(H,16,17,18). The van der Waals surface area contributed by atoms with Crippen molar-refractivity contribution < 1.29 is 9.59 Å². The molecule has 0 fully saturated rings. The number of thiophene rings is 1. The Hall–Kier alpha value is -1.46. The summed E-state index contributed by atoms with van der Waals surface area (Å²) in [7, 11) is 0. The second kappa shape index (κ2) is 4.90. The Morgan fingerprint density at radius 3 is 2.58 bits per heavy atom. The van der Waals surface area contributed by atoms with Gasteiger partial charge in [-0.1, -0.05) is 28.1 Å². The average molecular weight is 336 g/mol. The summed E-state index contributed by atoms with van der Waals surface area (Å²) in [5.41, 5.74) is 1.92. The summed E-state index contributed by atoms with van der Waals surface area (Å²) >= 11 is 5.14. The smallest absolute Gasteiger partial charge is 0.259 e. The first-order valence-electron chi connectivity index (χ1n) is 5.80. The van der Waals surface area contributed by atoms with Crippen molar-refractivity contribution in [2.24, 2.45) is 0 Å². The quantitative estimate of drug-likeness (QED) is 0.691. The Balaban J connectivity index is 1.98. The van der Waals surface area contributed by atoms with Crippen LogP contribution >= 0.6 is 27.3 Å². The lowest BCUT2D eigenvalue weighted by Crippen LogP contribution is -2.20. The second-order valence-electron chi connectivity index (χ2n) is 4.30. The summed E-state index contributed by atoms with van der Waals surface area (Å²) in [4.78, 5) is 25.9. The van der Waals surface area contributed by atoms with Gasteiger partial charge in [-0.3, -0.25) is 14.9 Å². The normalized spacial score (nSPS) is 13.5. The Kier molecular flexibility index (Phi) is 3.24. The molecule has 96 valence electrons. The topological polar surface area (TPSA) is 46.2 Å². The van der Waals surface area contributed by atoms with E-state index in [0.29, 0.717) is 17.5 Å². The largest absolute Gasteiger partial charge is 0.288 e. The lowest BCUT2D eigenvalue weighted by atomic mass is 10.00. The molecule has 0 atom stereocenters. The van der Waals surface area contributed by atoms with Gasteiger partial charge < -0.3 is 0 Å². The number of carbonyl (C=O) groups is 2. The summed E-state index contributed by atoms with van der Waals surface area (Å²) < 4.78 is 0. The Bertz CT molecular complexity index is 678. The highest BCUT2D eigenvalue weighted by molar-refractivity contribution is 9.08. The minimum Gasteiger partial charge on any atom is -0.288 e. The highest BCUT2D eigenvalue weighted by Gasteiger charge is 2.28. The molecule has 2 heterocycles. The van der Waals surface area contributed by atoms with E-state index in [1.54, 1.807) is 17.4 Å². The van der Waals surface area contributed by atoms with Gasteiger partial charge in [-0.05, 0) is 23.8 Å². The van der Waals surface area contributed by atoms with E-state index in [0.717, 1.165) is 10.9 Å². The zero-order valence-electron chi connectivity index (χ0n) is 9.90. The molecular weight excluding hydrogens is 326 g/mol. The molecule has 3 rings (SSSR count). The summed E-state index contributed by atoms with van der Waals surface area (Å²) in [5, 5.41) is 3.18. The van der Waals surface area contributed by atoms with Crippen LogP contribution < -0.4 is 5.32 Å². The number of hydrogen-bond acceptors (Lipinski definition) is 3. The number of rotatable bonds is 3. The van der Waals surface area contributed by atoms with E-state index in [1.807, 2.05) is 12.1 Å². The Morgan fingerprint density at radius 2 is 1.84 bits per heavy atom. The van der Waals surface area contributed by atoms with E-state index in [-0.39, 0.29) is 11.8 Å². The van der Waals surface area contributed by atoms with Crippen LogP contribution in [0.15, 0.2) is 30.3 Å². The van der Waals surface area contributed by atoms with E-state index in [2.05, 4.69) is 33.4 Å². The van der Waals surface area contributed by atoms with E-state index in [1.165, 1.54) is 9.75 Å². The third-order valence-electron chi connectivity index (χ3n) is 3.06. The van der Waals surface area contributed by atoms with E-state index in [9.17, 15) is 9.59 Å². The predicted molar refractivity (Wildman–Crippen MR) is 78.0 cm³/mol. The highest BCUT2D eigenvalue weighted by Crippen LogP contribution is 2.26. The van der Waals surface area contributed by atoms with Crippen molar-refractivity contribution in [1.82, 2.24) is 5.32 Å². The summed E-state index contributed by atoms with van der Waals surface area (Å²) in [6, 6.07) is 9.56. The maximum Gasteiger partial charge on any atom is 0.259 e. The maximum atomic E-state index is 11.8. The van der Waals surface area contributed by atoms with Gasteiger partial charge in [-0.15, -0.1) is 11.3 Å². The molecule has 5 heteroatoms. The van der Waals surface area contributed by atoms with Crippen LogP contribution in [-0.2, 0) is 11.8 Å². The molecule has 0 saturated heterocycles. The minimum absolute atomic E-state index is 0.284. The maximum absolute atomic E-state index is 11.8. The Labute approximate surface area is 122 Å². The van der Waals surface area contributed by atoms with Crippen molar-refractivity contribution in [2.75, 3.05) is 0 Å². The molecular formula is C14H10BrNO2S.